The molecule has 1 atom stereocenters. The van der Waals surface area contributed by atoms with Crippen LogP contribution < -0.4 is 21.1 Å². The predicted molar refractivity (Wildman–Crippen MR) is 121 cm³/mol. The number of likely N-dealkylation sites (tertiary alicyclic amines) is 1. The van der Waals surface area contributed by atoms with E-state index < -0.39 is 0 Å². The van der Waals surface area contributed by atoms with Gasteiger partial charge in [0.05, 0.1) is 5.92 Å². The molecule has 4 N–H and O–H groups in total. The second kappa shape index (κ2) is 11.4. The summed E-state index contributed by atoms with van der Waals surface area (Å²) in [5.74, 6) is 0.402. The fourth-order valence-electron chi connectivity index (χ4n) is 3.36. The highest BCUT2D eigenvalue weighted by atomic mass is 35.5. The van der Waals surface area contributed by atoms with E-state index >= 15 is 0 Å². The Labute approximate surface area is 183 Å². The molecule has 30 heavy (non-hydrogen) atoms. The molecule has 1 fully saturated rings. The van der Waals surface area contributed by atoms with E-state index in [2.05, 4.69) is 10.6 Å². The number of nitrogens with two attached hydrogens (primary N) is 1. The third-order valence-corrected chi connectivity index (χ3v) is 4.86. The zero-order valence-electron chi connectivity index (χ0n) is 17.1. The van der Waals surface area contributed by atoms with E-state index in [9.17, 15) is 9.59 Å². The van der Waals surface area contributed by atoms with Crippen molar-refractivity contribution in [3.8, 4) is 5.75 Å². The Morgan fingerprint density at radius 2 is 1.90 bits per heavy atom. The van der Waals surface area contributed by atoms with Gasteiger partial charge in [-0.15, -0.1) is 12.4 Å². The minimum absolute atomic E-state index is 0. The first-order chi connectivity index (χ1) is 14.0. The van der Waals surface area contributed by atoms with Crippen LogP contribution in [0.4, 0.5) is 16.2 Å². The average molecular weight is 433 g/mol. The Bertz CT molecular complexity index is 845. The number of benzene rings is 2. The summed E-state index contributed by atoms with van der Waals surface area (Å²) in [6, 6.07) is 14.7. The molecule has 162 valence electrons. The number of piperidine rings is 1. The van der Waals surface area contributed by atoms with Gasteiger partial charge in [0, 0.05) is 31.0 Å². The van der Waals surface area contributed by atoms with Gasteiger partial charge in [-0.05, 0) is 61.7 Å². The number of ether oxygens (including phenoxy) is 1. The van der Waals surface area contributed by atoms with Gasteiger partial charge in [-0.2, -0.15) is 0 Å². The van der Waals surface area contributed by atoms with E-state index in [0.717, 1.165) is 24.1 Å². The molecule has 3 amide bonds. The molecule has 0 spiro atoms. The maximum absolute atomic E-state index is 12.7. The molecule has 2 aromatic carbocycles. The summed E-state index contributed by atoms with van der Waals surface area (Å²) >= 11 is 0. The van der Waals surface area contributed by atoms with Gasteiger partial charge in [-0.25, -0.2) is 4.79 Å². The van der Waals surface area contributed by atoms with E-state index in [4.69, 9.17) is 10.5 Å². The van der Waals surface area contributed by atoms with Crippen molar-refractivity contribution in [1.29, 1.82) is 0 Å². The van der Waals surface area contributed by atoms with Gasteiger partial charge in [0.15, 0.2) is 0 Å². The molecule has 0 saturated carbocycles. The minimum atomic E-state index is -0.236. The number of rotatable bonds is 6. The summed E-state index contributed by atoms with van der Waals surface area (Å²) in [5, 5.41) is 5.85. The highest BCUT2D eigenvalue weighted by molar-refractivity contribution is 5.94. The quantitative estimate of drug-likeness (QED) is 0.649. The van der Waals surface area contributed by atoms with Crippen LogP contribution in [-0.4, -0.2) is 43.1 Å². The lowest BCUT2D eigenvalue weighted by Crippen LogP contribution is -2.45. The van der Waals surface area contributed by atoms with Crippen LogP contribution in [0.2, 0.25) is 0 Å². The third-order valence-electron chi connectivity index (χ3n) is 4.86. The number of carbonyl (C=O) groups excluding carboxylic acids is 2. The summed E-state index contributed by atoms with van der Waals surface area (Å²) in [6.07, 6.45) is 1.56. The molecule has 1 heterocycles. The molecule has 3 rings (SSSR count). The van der Waals surface area contributed by atoms with Gasteiger partial charge in [0.25, 0.3) is 0 Å². The average Bonchev–Trinajstić information content (AvgIpc) is 2.73. The first-order valence-electron chi connectivity index (χ1n) is 9.91. The number of hydrogen-bond acceptors (Lipinski definition) is 4. The Balaban J connectivity index is 0.00000320. The maximum Gasteiger partial charge on any atom is 0.321 e. The fraction of sp³-hybridized carbons (Fsp3) is 0.364. The van der Waals surface area contributed by atoms with Crippen molar-refractivity contribution in [3.63, 3.8) is 0 Å². The van der Waals surface area contributed by atoms with Gasteiger partial charge in [-0.3, -0.25) is 4.79 Å². The highest BCUT2D eigenvalue weighted by Crippen LogP contribution is 2.21. The zero-order chi connectivity index (χ0) is 20.6. The summed E-state index contributed by atoms with van der Waals surface area (Å²) in [7, 11) is 0. The van der Waals surface area contributed by atoms with Gasteiger partial charge < -0.3 is 26.0 Å². The number of nitrogens with zero attached hydrogens (tertiary/aromatic N) is 1. The topological polar surface area (TPSA) is 96.7 Å². The predicted octanol–water partition coefficient (Wildman–Crippen LogP) is 3.64. The van der Waals surface area contributed by atoms with Crippen LogP contribution in [0.1, 0.15) is 18.4 Å². The Kier molecular flexibility index (Phi) is 8.95. The largest absolute Gasteiger partial charge is 0.492 e. The standard InChI is InChI=1S/C22H28N4O3.ClH/c1-16-4-2-6-19(14-16)25-22(28)26-12-3-5-17(15-26)21(27)24-18-7-9-20(10-8-18)29-13-11-23;/h2,4,6-10,14,17H,3,5,11-13,15,23H2,1H3,(H,24,27)(H,25,28);1H. The molecule has 8 heteroatoms. The monoisotopic (exact) mass is 432 g/mol. The van der Waals surface area contributed by atoms with Crippen LogP contribution in [0.15, 0.2) is 48.5 Å². The molecule has 0 radical (unpaired) electrons. The Hall–Kier alpha value is -2.77. The summed E-state index contributed by atoms with van der Waals surface area (Å²) < 4.78 is 5.44. The van der Waals surface area contributed by atoms with Crippen molar-refractivity contribution in [2.75, 3.05) is 36.9 Å². The number of amides is 3. The Morgan fingerprint density at radius 1 is 1.13 bits per heavy atom. The number of aryl methyl sites for hydroxylation is 1. The van der Waals surface area contributed by atoms with Crippen molar-refractivity contribution in [2.24, 2.45) is 11.7 Å². The summed E-state index contributed by atoms with van der Waals surface area (Å²) in [6.45, 7) is 3.94. The van der Waals surface area contributed by atoms with Crippen LogP contribution in [0.25, 0.3) is 0 Å². The van der Waals surface area contributed by atoms with E-state index in [1.54, 1.807) is 29.2 Å². The molecule has 1 aliphatic rings. The lowest BCUT2D eigenvalue weighted by molar-refractivity contribution is -0.121. The van der Waals surface area contributed by atoms with Gasteiger partial charge in [0.2, 0.25) is 5.91 Å². The molecular formula is C22H29ClN4O3. The molecule has 7 nitrogen and oxygen atoms in total. The van der Waals surface area contributed by atoms with Crippen molar-refractivity contribution < 1.29 is 14.3 Å². The second-order valence-corrected chi connectivity index (χ2v) is 7.24. The van der Waals surface area contributed by atoms with E-state index in [1.165, 1.54) is 0 Å². The summed E-state index contributed by atoms with van der Waals surface area (Å²) in [4.78, 5) is 27.0. The smallest absolute Gasteiger partial charge is 0.321 e. The van der Waals surface area contributed by atoms with Gasteiger partial charge in [0.1, 0.15) is 12.4 Å². The second-order valence-electron chi connectivity index (χ2n) is 7.24. The molecule has 2 aromatic rings. The van der Waals surface area contributed by atoms with Gasteiger partial charge in [-0.1, -0.05) is 12.1 Å². The van der Waals surface area contributed by atoms with Crippen molar-refractivity contribution in [2.45, 2.75) is 19.8 Å². The molecular weight excluding hydrogens is 404 g/mol. The number of nitrogens with one attached hydrogen (secondary N) is 2. The zero-order valence-corrected chi connectivity index (χ0v) is 17.9. The Morgan fingerprint density at radius 3 is 2.60 bits per heavy atom. The van der Waals surface area contributed by atoms with E-state index in [-0.39, 0.29) is 30.3 Å². The van der Waals surface area contributed by atoms with E-state index in [0.29, 0.717) is 37.7 Å². The lowest BCUT2D eigenvalue weighted by Gasteiger charge is -2.32. The molecule has 1 unspecified atom stereocenters. The van der Waals surface area contributed by atoms with Crippen LogP contribution >= 0.6 is 12.4 Å². The fourth-order valence-corrected chi connectivity index (χ4v) is 3.36. The third kappa shape index (κ3) is 6.64. The molecule has 1 saturated heterocycles. The number of urea groups is 1. The van der Waals surface area contributed by atoms with Crippen LogP contribution in [0, 0.1) is 12.8 Å². The van der Waals surface area contributed by atoms with Crippen LogP contribution in [0.5, 0.6) is 5.75 Å². The SMILES string of the molecule is Cc1cccc(NC(=O)N2CCCC(C(=O)Nc3ccc(OCCN)cc3)C2)c1.Cl. The normalized spacial score (nSPS) is 15.7. The van der Waals surface area contributed by atoms with Crippen LogP contribution in [-0.2, 0) is 4.79 Å². The highest BCUT2D eigenvalue weighted by Gasteiger charge is 2.28. The number of carbonyl (C=O) groups is 2. The first-order valence-corrected chi connectivity index (χ1v) is 9.91. The maximum atomic E-state index is 12.7. The number of hydrogen-bond donors (Lipinski definition) is 3. The molecule has 1 aliphatic heterocycles. The van der Waals surface area contributed by atoms with Crippen molar-refractivity contribution in [3.05, 3.63) is 54.1 Å². The molecule has 0 aliphatic carbocycles. The molecule has 0 bridgehead atoms. The number of halogens is 1. The summed E-state index contributed by atoms with van der Waals surface area (Å²) in [5.41, 5.74) is 7.97. The lowest BCUT2D eigenvalue weighted by atomic mass is 9.97. The first kappa shape index (κ1) is 23.5. The van der Waals surface area contributed by atoms with Crippen molar-refractivity contribution in [1.82, 2.24) is 4.90 Å². The van der Waals surface area contributed by atoms with E-state index in [1.807, 2.05) is 31.2 Å². The molecule has 0 aromatic heterocycles. The van der Waals surface area contributed by atoms with Crippen molar-refractivity contribution >= 4 is 35.7 Å². The minimum Gasteiger partial charge on any atom is -0.492 e. The van der Waals surface area contributed by atoms with Gasteiger partial charge >= 0.3 is 6.03 Å². The van der Waals surface area contributed by atoms with Crippen LogP contribution in [0.3, 0.4) is 0 Å². The number of anilines is 2.